The van der Waals surface area contributed by atoms with Crippen LogP contribution < -0.4 is 5.73 Å². The SMILES string of the molecule is Cc1cc(F)c(N)c(Br)c1F. The Bertz CT molecular complexity index is 273. The molecule has 0 radical (unpaired) electrons. The molecule has 0 bridgehead atoms. The number of aryl methyl sites for hydroxylation is 1. The summed E-state index contributed by atoms with van der Waals surface area (Å²) in [6.45, 7) is 1.47. The molecule has 1 aromatic carbocycles. The number of benzene rings is 1. The molecule has 0 unspecified atom stereocenters. The highest BCUT2D eigenvalue weighted by atomic mass is 79.9. The van der Waals surface area contributed by atoms with Crippen LogP contribution in [0.25, 0.3) is 0 Å². The molecule has 1 nitrogen and oxygen atoms in total. The fraction of sp³-hybridized carbons (Fsp3) is 0.143. The lowest BCUT2D eigenvalue weighted by atomic mass is 10.2. The predicted octanol–water partition coefficient (Wildman–Crippen LogP) is 2.62. The summed E-state index contributed by atoms with van der Waals surface area (Å²) in [5.41, 5.74) is 5.24. The lowest BCUT2D eigenvalue weighted by molar-refractivity contribution is 0.590. The Morgan fingerprint density at radius 2 is 2.00 bits per heavy atom. The average molecular weight is 222 g/mol. The van der Waals surface area contributed by atoms with Crippen LogP contribution in [0.3, 0.4) is 0 Å². The van der Waals surface area contributed by atoms with Crippen LogP contribution in [0.5, 0.6) is 0 Å². The van der Waals surface area contributed by atoms with Crippen molar-refractivity contribution in [2.45, 2.75) is 6.92 Å². The maximum atomic E-state index is 12.9. The molecular formula is C7H6BrF2N. The van der Waals surface area contributed by atoms with Crippen LogP contribution in [0.15, 0.2) is 10.5 Å². The minimum absolute atomic E-state index is 0.00463. The van der Waals surface area contributed by atoms with E-state index in [2.05, 4.69) is 15.9 Å². The van der Waals surface area contributed by atoms with Crippen LogP contribution in [0.4, 0.5) is 14.5 Å². The van der Waals surface area contributed by atoms with Crippen molar-refractivity contribution < 1.29 is 8.78 Å². The van der Waals surface area contributed by atoms with Crippen molar-refractivity contribution in [2.75, 3.05) is 5.73 Å². The third kappa shape index (κ3) is 1.35. The molecule has 0 atom stereocenters. The smallest absolute Gasteiger partial charge is 0.147 e. The molecule has 0 aliphatic carbocycles. The van der Waals surface area contributed by atoms with Gasteiger partial charge in [-0.25, -0.2) is 8.78 Å². The highest BCUT2D eigenvalue weighted by Gasteiger charge is 2.10. The summed E-state index contributed by atoms with van der Waals surface area (Å²) in [7, 11) is 0. The van der Waals surface area contributed by atoms with Gasteiger partial charge < -0.3 is 5.73 Å². The number of hydrogen-bond donors (Lipinski definition) is 1. The number of rotatable bonds is 0. The van der Waals surface area contributed by atoms with Gasteiger partial charge in [0.15, 0.2) is 0 Å². The van der Waals surface area contributed by atoms with Crippen LogP contribution in [-0.4, -0.2) is 0 Å². The second-order valence-corrected chi connectivity index (χ2v) is 3.01. The standard InChI is InChI=1S/C7H6BrF2N/c1-3-2-4(9)7(11)5(8)6(3)10/h2H,11H2,1H3. The van der Waals surface area contributed by atoms with Crippen molar-refractivity contribution in [1.29, 1.82) is 0 Å². The Morgan fingerprint density at radius 3 is 2.55 bits per heavy atom. The zero-order chi connectivity index (χ0) is 8.59. The first-order chi connectivity index (χ1) is 5.04. The summed E-state index contributed by atoms with van der Waals surface area (Å²) in [6, 6.07) is 1.06. The molecule has 0 heterocycles. The zero-order valence-corrected chi connectivity index (χ0v) is 7.37. The van der Waals surface area contributed by atoms with Gasteiger partial charge in [0.2, 0.25) is 0 Å². The number of hydrogen-bond acceptors (Lipinski definition) is 1. The van der Waals surface area contributed by atoms with Gasteiger partial charge in [-0.2, -0.15) is 0 Å². The normalized spacial score (nSPS) is 10.2. The fourth-order valence-corrected chi connectivity index (χ4v) is 1.23. The van der Waals surface area contributed by atoms with E-state index < -0.39 is 11.6 Å². The maximum absolute atomic E-state index is 12.9. The minimum atomic E-state index is -0.601. The third-order valence-electron chi connectivity index (χ3n) is 1.38. The monoisotopic (exact) mass is 221 g/mol. The molecule has 0 spiro atoms. The molecule has 0 aliphatic heterocycles. The summed E-state index contributed by atoms with van der Waals surface area (Å²) in [4.78, 5) is 0. The van der Waals surface area contributed by atoms with Crippen molar-refractivity contribution in [2.24, 2.45) is 0 Å². The second-order valence-electron chi connectivity index (χ2n) is 2.22. The summed E-state index contributed by atoms with van der Waals surface area (Å²) in [5.74, 6) is -1.11. The molecule has 1 aromatic rings. The second kappa shape index (κ2) is 2.77. The lowest BCUT2D eigenvalue weighted by Crippen LogP contribution is -1.96. The summed E-state index contributed by atoms with van der Waals surface area (Å²) >= 11 is 2.84. The molecule has 4 heteroatoms. The molecule has 0 saturated heterocycles. The van der Waals surface area contributed by atoms with Crippen molar-refractivity contribution in [3.05, 3.63) is 27.7 Å². The summed E-state index contributed by atoms with van der Waals surface area (Å²) < 4.78 is 25.6. The Labute approximate surface area is 71.3 Å². The predicted molar refractivity (Wildman–Crippen MR) is 43.2 cm³/mol. The van der Waals surface area contributed by atoms with Gasteiger partial charge in [0, 0.05) is 0 Å². The molecule has 0 fully saturated rings. The highest BCUT2D eigenvalue weighted by Crippen LogP contribution is 2.27. The lowest BCUT2D eigenvalue weighted by Gasteiger charge is -2.03. The summed E-state index contributed by atoms with van der Waals surface area (Å²) in [6.07, 6.45) is 0. The van der Waals surface area contributed by atoms with Gasteiger partial charge in [0.25, 0.3) is 0 Å². The number of halogens is 3. The topological polar surface area (TPSA) is 26.0 Å². The van der Waals surface area contributed by atoms with Crippen LogP contribution in [-0.2, 0) is 0 Å². The first-order valence-electron chi connectivity index (χ1n) is 2.93. The molecule has 1 rings (SSSR count). The van der Waals surface area contributed by atoms with Gasteiger partial charge in [0.05, 0.1) is 10.2 Å². The van der Waals surface area contributed by atoms with E-state index in [1.165, 1.54) is 6.92 Å². The molecule has 0 aromatic heterocycles. The van der Waals surface area contributed by atoms with E-state index in [0.717, 1.165) is 6.07 Å². The van der Waals surface area contributed by atoms with Crippen LogP contribution in [0.2, 0.25) is 0 Å². The first-order valence-corrected chi connectivity index (χ1v) is 3.73. The quantitative estimate of drug-likeness (QED) is 0.529. The van der Waals surface area contributed by atoms with E-state index in [1.54, 1.807) is 0 Å². The van der Waals surface area contributed by atoms with E-state index in [0.29, 0.717) is 0 Å². The van der Waals surface area contributed by atoms with Gasteiger partial charge in [-0.1, -0.05) is 0 Å². The third-order valence-corrected chi connectivity index (χ3v) is 2.15. The molecule has 0 aliphatic rings. The fourth-order valence-electron chi connectivity index (χ4n) is 0.727. The van der Waals surface area contributed by atoms with Crippen molar-refractivity contribution in [1.82, 2.24) is 0 Å². The molecule has 0 amide bonds. The number of nitrogen functional groups attached to an aromatic ring is 1. The van der Waals surface area contributed by atoms with Crippen LogP contribution in [0, 0.1) is 18.6 Å². The highest BCUT2D eigenvalue weighted by molar-refractivity contribution is 9.10. The average Bonchev–Trinajstić information content (AvgIpc) is 1.97. The van der Waals surface area contributed by atoms with Gasteiger partial charge in [-0.15, -0.1) is 0 Å². The zero-order valence-electron chi connectivity index (χ0n) is 5.79. The Morgan fingerprint density at radius 1 is 1.45 bits per heavy atom. The minimum Gasteiger partial charge on any atom is -0.395 e. The molecule has 2 N–H and O–H groups in total. The van der Waals surface area contributed by atoms with Crippen LogP contribution in [0.1, 0.15) is 5.56 Å². The summed E-state index contributed by atoms with van der Waals surface area (Å²) in [5, 5.41) is 0. The van der Waals surface area contributed by atoms with E-state index in [1.807, 2.05) is 0 Å². The molecule has 0 saturated carbocycles. The molecular weight excluding hydrogens is 216 g/mol. The largest absolute Gasteiger partial charge is 0.395 e. The van der Waals surface area contributed by atoms with E-state index in [-0.39, 0.29) is 15.7 Å². The Hall–Kier alpha value is -0.640. The van der Waals surface area contributed by atoms with Crippen molar-refractivity contribution in [3.8, 4) is 0 Å². The number of anilines is 1. The van der Waals surface area contributed by atoms with Crippen molar-refractivity contribution in [3.63, 3.8) is 0 Å². The van der Waals surface area contributed by atoms with Crippen molar-refractivity contribution >= 4 is 21.6 Å². The van der Waals surface area contributed by atoms with Crippen LogP contribution >= 0.6 is 15.9 Å². The van der Waals surface area contributed by atoms with Gasteiger partial charge in [-0.05, 0) is 34.5 Å². The first kappa shape index (κ1) is 8.46. The van der Waals surface area contributed by atoms with E-state index >= 15 is 0 Å². The number of nitrogens with two attached hydrogens (primary N) is 1. The molecule has 60 valence electrons. The Balaban J connectivity index is 3.46. The van der Waals surface area contributed by atoms with E-state index in [9.17, 15) is 8.78 Å². The molecule has 11 heavy (non-hydrogen) atoms. The van der Waals surface area contributed by atoms with Gasteiger partial charge >= 0.3 is 0 Å². The van der Waals surface area contributed by atoms with Gasteiger partial charge in [-0.3, -0.25) is 0 Å². The Kier molecular flexibility index (Phi) is 2.13. The maximum Gasteiger partial charge on any atom is 0.147 e. The van der Waals surface area contributed by atoms with Gasteiger partial charge in [0.1, 0.15) is 11.6 Å². The van der Waals surface area contributed by atoms with E-state index in [4.69, 9.17) is 5.73 Å².